The molecule has 7 heteroatoms. The summed E-state index contributed by atoms with van der Waals surface area (Å²) >= 11 is 1.46. The number of imidazole rings is 1. The molecule has 22 heavy (non-hydrogen) atoms. The van der Waals surface area contributed by atoms with Crippen LogP contribution in [0.5, 0.6) is 0 Å². The lowest BCUT2D eigenvalue weighted by Crippen LogP contribution is -2.35. The maximum absolute atomic E-state index is 7.81. The van der Waals surface area contributed by atoms with E-state index in [0.717, 1.165) is 22.8 Å². The smallest absolute Gasteiger partial charge is 0.195 e. The van der Waals surface area contributed by atoms with E-state index in [9.17, 15) is 0 Å². The summed E-state index contributed by atoms with van der Waals surface area (Å²) in [5.41, 5.74) is 8.47. The summed E-state index contributed by atoms with van der Waals surface area (Å²) in [6, 6.07) is 9.90. The second-order valence-electron chi connectivity index (χ2n) is 4.85. The van der Waals surface area contributed by atoms with Gasteiger partial charge in [0.25, 0.3) is 0 Å². The van der Waals surface area contributed by atoms with E-state index in [0.29, 0.717) is 11.7 Å². The number of nitrogens with two attached hydrogens (primary N) is 1. The van der Waals surface area contributed by atoms with Gasteiger partial charge in [-0.25, -0.2) is 9.97 Å². The number of benzene rings is 1. The van der Waals surface area contributed by atoms with Gasteiger partial charge in [0.1, 0.15) is 11.5 Å². The quantitative estimate of drug-likeness (QED) is 0.510. The lowest BCUT2D eigenvalue weighted by Gasteiger charge is -2.19. The Kier molecular flexibility index (Phi) is 3.88. The summed E-state index contributed by atoms with van der Waals surface area (Å²) in [4.78, 5) is 13.6. The molecule has 6 nitrogen and oxygen atoms in total. The van der Waals surface area contributed by atoms with Crippen molar-refractivity contribution in [2.24, 2.45) is 5.73 Å². The highest BCUT2D eigenvalue weighted by molar-refractivity contribution is 7.14. The fourth-order valence-corrected chi connectivity index (χ4v) is 2.92. The van der Waals surface area contributed by atoms with Gasteiger partial charge >= 0.3 is 0 Å². The number of aromatic nitrogens is 3. The third kappa shape index (κ3) is 2.99. The Balaban J connectivity index is 1.86. The number of aryl methyl sites for hydroxylation is 1. The largest absolute Gasteiger partial charge is 0.370 e. The summed E-state index contributed by atoms with van der Waals surface area (Å²) in [7, 11) is 0. The number of nitrogens with one attached hydrogen (secondary N) is 2. The molecule has 0 saturated heterocycles. The molecule has 2 heterocycles. The molecule has 0 bridgehead atoms. The van der Waals surface area contributed by atoms with Crippen molar-refractivity contribution in [1.82, 2.24) is 15.0 Å². The van der Waals surface area contributed by atoms with E-state index >= 15 is 0 Å². The van der Waals surface area contributed by atoms with Gasteiger partial charge in [0.05, 0.1) is 18.4 Å². The highest BCUT2D eigenvalue weighted by atomic mass is 32.1. The molecule has 1 aromatic carbocycles. The van der Waals surface area contributed by atoms with Crippen molar-refractivity contribution in [3.63, 3.8) is 0 Å². The van der Waals surface area contributed by atoms with Crippen molar-refractivity contribution in [3.05, 3.63) is 53.3 Å². The molecule has 0 radical (unpaired) electrons. The molecule has 112 valence electrons. The molecule has 0 aliphatic rings. The van der Waals surface area contributed by atoms with E-state index in [2.05, 4.69) is 15.0 Å². The van der Waals surface area contributed by atoms with Crippen LogP contribution in [0, 0.1) is 12.3 Å². The van der Waals surface area contributed by atoms with Gasteiger partial charge in [-0.15, -0.1) is 11.3 Å². The number of aromatic amines is 1. The lowest BCUT2D eigenvalue weighted by atomic mass is 10.2. The average Bonchev–Trinajstić information content (AvgIpc) is 3.14. The third-order valence-corrected chi connectivity index (χ3v) is 4.04. The molecular weight excluding hydrogens is 296 g/mol. The zero-order valence-electron chi connectivity index (χ0n) is 12.1. The summed E-state index contributed by atoms with van der Waals surface area (Å²) in [5, 5.41) is 10.4. The van der Waals surface area contributed by atoms with E-state index in [1.54, 1.807) is 11.1 Å². The Labute approximate surface area is 132 Å². The fourth-order valence-electron chi connectivity index (χ4n) is 2.08. The Bertz CT molecular complexity index is 776. The SMILES string of the molecule is Cc1ncc(-c2csc(N(Cc3ccccc3)C(=N)N)n2)[nH]1. The molecule has 0 amide bonds. The van der Waals surface area contributed by atoms with E-state index in [1.165, 1.54) is 11.3 Å². The number of guanidine groups is 1. The van der Waals surface area contributed by atoms with Crippen LogP contribution in [0.15, 0.2) is 41.9 Å². The number of hydrogen-bond donors (Lipinski definition) is 3. The van der Waals surface area contributed by atoms with E-state index in [-0.39, 0.29) is 5.96 Å². The van der Waals surface area contributed by atoms with Crippen LogP contribution < -0.4 is 10.6 Å². The first-order chi connectivity index (χ1) is 10.6. The second-order valence-corrected chi connectivity index (χ2v) is 5.69. The first-order valence-corrected chi connectivity index (χ1v) is 7.64. The van der Waals surface area contributed by atoms with Crippen LogP contribution in [0.3, 0.4) is 0 Å². The van der Waals surface area contributed by atoms with Crippen molar-refractivity contribution in [3.8, 4) is 11.4 Å². The van der Waals surface area contributed by atoms with Crippen LogP contribution in [0.2, 0.25) is 0 Å². The topological polar surface area (TPSA) is 94.7 Å². The first-order valence-electron chi connectivity index (χ1n) is 6.76. The maximum Gasteiger partial charge on any atom is 0.195 e. The minimum atomic E-state index is -0.0226. The first kappa shape index (κ1) is 14.3. The summed E-state index contributed by atoms with van der Waals surface area (Å²) in [6.07, 6.45) is 1.75. The predicted molar refractivity (Wildman–Crippen MR) is 89.0 cm³/mol. The molecule has 0 spiro atoms. The maximum atomic E-state index is 7.81. The van der Waals surface area contributed by atoms with Crippen LogP contribution in [0.4, 0.5) is 5.13 Å². The van der Waals surface area contributed by atoms with Gasteiger partial charge in [-0.05, 0) is 12.5 Å². The summed E-state index contributed by atoms with van der Waals surface area (Å²) < 4.78 is 0. The highest BCUT2D eigenvalue weighted by Crippen LogP contribution is 2.27. The molecule has 4 N–H and O–H groups in total. The van der Waals surface area contributed by atoms with Crippen molar-refractivity contribution >= 4 is 22.4 Å². The van der Waals surface area contributed by atoms with Crippen LogP contribution in [0.25, 0.3) is 11.4 Å². The van der Waals surface area contributed by atoms with Gasteiger partial charge in [0, 0.05) is 5.38 Å². The Hall–Kier alpha value is -2.67. The van der Waals surface area contributed by atoms with E-state index in [1.807, 2.05) is 42.6 Å². The number of anilines is 1. The standard InChI is InChI=1S/C15H16N6S/c1-10-18-7-12(19-10)13-9-22-15(20-13)21(14(16)17)8-11-5-3-2-4-6-11/h2-7,9H,8H2,1H3,(H3,16,17)(H,18,19). The van der Waals surface area contributed by atoms with Crippen LogP contribution >= 0.6 is 11.3 Å². The van der Waals surface area contributed by atoms with Crippen molar-refractivity contribution in [1.29, 1.82) is 5.41 Å². The number of thiazole rings is 1. The number of nitrogens with zero attached hydrogens (tertiary/aromatic N) is 3. The zero-order valence-corrected chi connectivity index (χ0v) is 12.9. The molecule has 0 unspecified atom stereocenters. The minimum absolute atomic E-state index is 0.0226. The number of hydrogen-bond acceptors (Lipinski definition) is 4. The van der Waals surface area contributed by atoms with E-state index in [4.69, 9.17) is 11.1 Å². The Morgan fingerprint density at radius 3 is 2.77 bits per heavy atom. The highest BCUT2D eigenvalue weighted by Gasteiger charge is 2.16. The molecule has 3 aromatic rings. The Morgan fingerprint density at radius 2 is 2.14 bits per heavy atom. The van der Waals surface area contributed by atoms with Crippen molar-refractivity contribution < 1.29 is 0 Å². The van der Waals surface area contributed by atoms with Crippen LogP contribution in [-0.2, 0) is 6.54 Å². The number of H-pyrrole nitrogens is 1. The van der Waals surface area contributed by atoms with Crippen LogP contribution in [-0.4, -0.2) is 20.9 Å². The molecular formula is C15H16N6S. The summed E-state index contributed by atoms with van der Waals surface area (Å²) in [5.74, 6) is 0.822. The fraction of sp³-hybridized carbons (Fsp3) is 0.133. The Morgan fingerprint density at radius 1 is 1.36 bits per heavy atom. The molecule has 3 rings (SSSR count). The number of rotatable bonds is 4. The average molecular weight is 312 g/mol. The molecule has 0 fully saturated rings. The van der Waals surface area contributed by atoms with E-state index < -0.39 is 0 Å². The second kappa shape index (κ2) is 5.98. The lowest BCUT2D eigenvalue weighted by molar-refractivity contribution is 0.975. The molecule has 0 aliphatic carbocycles. The molecule has 0 aliphatic heterocycles. The molecule has 0 atom stereocenters. The third-order valence-electron chi connectivity index (χ3n) is 3.18. The van der Waals surface area contributed by atoms with Crippen LogP contribution in [0.1, 0.15) is 11.4 Å². The molecule has 0 saturated carbocycles. The zero-order chi connectivity index (χ0) is 15.5. The normalized spacial score (nSPS) is 10.6. The van der Waals surface area contributed by atoms with Crippen molar-refractivity contribution in [2.45, 2.75) is 13.5 Å². The van der Waals surface area contributed by atoms with Gasteiger partial charge in [-0.1, -0.05) is 30.3 Å². The van der Waals surface area contributed by atoms with Crippen molar-refractivity contribution in [2.75, 3.05) is 4.90 Å². The van der Waals surface area contributed by atoms with Gasteiger partial charge in [-0.3, -0.25) is 10.3 Å². The monoisotopic (exact) mass is 312 g/mol. The molecule has 2 aromatic heterocycles. The predicted octanol–water partition coefficient (Wildman–Crippen LogP) is 2.74. The minimum Gasteiger partial charge on any atom is -0.370 e. The summed E-state index contributed by atoms with van der Waals surface area (Å²) in [6.45, 7) is 2.42. The van der Waals surface area contributed by atoms with Gasteiger partial charge in [0.2, 0.25) is 0 Å². The van der Waals surface area contributed by atoms with Gasteiger partial charge in [-0.2, -0.15) is 0 Å². The van der Waals surface area contributed by atoms with Gasteiger partial charge < -0.3 is 10.7 Å². The van der Waals surface area contributed by atoms with Gasteiger partial charge in [0.15, 0.2) is 11.1 Å².